The lowest BCUT2D eigenvalue weighted by atomic mass is 9.91. The Kier molecular flexibility index (Phi) is 6.61. The van der Waals surface area contributed by atoms with Crippen LogP contribution in [0.1, 0.15) is 0 Å². The van der Waals surface area contributed by atoms with E-state index in [2.05, 4.69) is 148 Å². The highest BCUT2D eigenvalue weighted by molar-refractivity contribution is 9.10. The Bertz CT molecular complexity index is 1270. The molecule has 0 amide bonds. The van der Waals surface area contributed by atoms with Gasteiger partial charge in [-0.1, -0.05) is 107 Å². The number of benzene rings is 5. The van der Waals surface area contributed by atoms with Gasteiger partial charge in [-0.2, -0.15) is 0 Å². The van der Waals surface area contributed by atoms with Crippen molar-refractivity contribution in [3.05, 3.63) is 132 Å². The highest BCUT2D eigenvalue weighted by Gasteiger charge is 2.15. The average molecular weight is 508 g/mol. The fourth-order valence-electron chi connectivity index (χ4n) is 3.85. The van der Waals surface area contributed by atoms with Crippen molar-refractivity contribution >= 4 is 33.6 Å². The van der Waals surface area contributed by atoms with Crippen LogP contribution in [0.3, 0.4) is 0 Å². The van der Waals surface area contributed by atoms with Crippen LogP contribution in [0.25, 0.3) is 33.4 Å². The Morgan fingerprint density at radius 2 is 0.939 bits per heavy atom. The second-order valence-electron chi connectivity index (χ2n) is 7.70. The minimum absolute atomic E-state index is 1.08. The van der Waals surface area contributed by atoms with Crippen molar-refractivity contribution in [2.75, 3.05) is 4.72 Å². The van der Waals surface area contributed by atoms with Crippen LogP contribution in [0.15, 0.2) is 137 Å². The number of hydrogen-bond donors (Lipinski definition) is 1. The number of anilines is 1. The molecule has 0 radical (unpaired) electrons. The predicted octanol–water partition coefficient (Wildman–Crippen LogP) is 9.57. The zero-order valence-corrected chi connectivity index (χ0v) is 20.3. The zero-order chi connectivity index (χ0) is 22.5. The van der Waals surface area contributed by atoms with Crippen molar-refractivity contribution in [2.45, 2.75) is 4.90 Å². The monoisotopic (exact) mass is 507 g/mol. The van der Waals surface area contributed by atoms with Crippen LogP contribution in [0.4, 0.5) is 5.69 Å². The molecule has 0 saturated heterocycles. The molecular formula is C30H22BrNS. The molecular weight excluding hydrogens is 486 g/mol. The van der Waals surface area contributed by atoms with E-state index in [1.165, 1.54) is 33.4 Å². The van der Waals surface area contributed by atoms with E-state index in [0.29, 0.717) is 0 Å². The van der Waals surface area contributed by atoms with E-state index in [9.17, 15) is 0 Å². The summed E-state index contributed by atoms with van der Waals surface area (Å²) in [7, 11) is 0. The van der Waals surface area contributed by atoms with Gasteiger partial charge in [0.25, 0.3) is 0 Å². The van der Waals surface area contributed by atoms with Gasteiger partial charge in [-0.25, -0.2) is 0 Å². The molecule has 5 aromatic carbocycles. The highest BCUT2D eigenvalue weighted by Crippen LogP contribution is 2.42. The van der Waals surface area contributed by atoms with E-state index in [0.717, 1.165) is 15.1 Å². The smallest absolute Gasteiger partial charge is 0.0601 e. The van der Waals surface area contributed by atoms with Crippen LogP contribution >= 0.6 is 27.9 Å². The second kappa shape index (κ2) is 10.1. The first kappa shape index (κ1) is 21.6. The lowest BCUT2D eigenvalue weighted by Gasteiger charge is -2.19. The van der Waals surface area contributed by atoms with Crippen LogP contribution in [-0.4, -0.2) is 0 Å². The van der Waals surface area contributed by atoms with Crippen molar-refractivity contribution in [2.24, 2.45) is 0 Å². The Labute approximate surface area is 207 Å². The van der Waals surface area contributed by atoms with E-state index >= 15 is 0 Å². The van der Waals surface area contributed by atoms with Gasteiger partial charge in [0.05, 0.1) is 5.69 Å². The lowest BCUT2D eigenvalue weighted by molar-refractivity contribution is 1.44. The standard InChI is InChI=1S/C30H22BrNS/c31-26-16-18-27(19-17-26)33-32-30-28(23-12-6-2-7-13-23)20-25(22-10-4-1-5-11-22)21-29(30)24-14-8-3-9-15-24/h1-21,32H. The first-order chi connectivity index (χ1) is 16.3. The van der Waals surface area contributed by atoms with E-state index < -0.39 is 0 Å². The van der Waals surface area contributed by atoms with Crippen molar-refractivity contribution in [3.8, 4) is 33.4 Å². The predicted molar refractivity (Wildman–Crippen MR) is 146 cm³/mol. The summed E-state index contributed by atoms with van der Waals surface area (Å²) in [6, 6.07) is 44.7. The topological polar surface area (TPSA) is 12.0 Å². The van der Waals surface area contributed by atoms with Crippen molar-refractivity contribution in [1.29, 1.82) is 0 Å². The molecule has 0 aliphatic rings. The Morgan fingerprint density at radius 1 is 0.485 bits per heavy atom. The minimum atomic E-state index is 1.08. The van der Waals surface area contributed by atoms with E-state index in [1.54, 1.807) is 11.9 Å². The first-order valence-corrected chi connectivity index (χ1v) is 12.4. The molecule has 0 aliphatic carbocycles. The van der Waals surface area contributed by atoms with Gasteiger partial charge >= 0.3 is 0 Å². The molecule has 0 spiro atoms. The minimum Gasteiger partial charge on any atom is -0.325 e. The van der Waals surface area contributed by atoms with Crippen LogP contribution in [0.2, 0.25) is 0 Å². The summed E-state index contributed by atoms with van der Waals surface area (Å²) in [6.45, 7) is 0. The fourth-order valence-corrected chi connectivity index (χ4v) is 4.83. The largest absolute Gasteiger partial charge is 0.325 e. The SMILES string of the molecule is Brc1ccc(SNc2c(-c3ccccc3)cc(-c3ccccc3)cc2-c2ccccc2)cc1. The van der Waals surface area contributed by atoms with Gasteiger partial charge in [0, 0.05) is 20.5 Å². The maximum atomic E-state index is 3.69. The molecule has 5 rings (SSSR count). The van der Waals surface area contributed by atoms with Crippen molar-refractivity contribution in [3.63, 3.8) is 0 Å². The molecule has 0 unspecified atom stereocenters. The molecule has 0 fully saturated rings. The van der Waals surface area contributed by atoms with Crippen LogP contribution in [0.5, 0.6) is 0 Å². The molecule has 33 heavy (non-hydrogen) atoms. The zero-order valence-electron chi connectivity index (χ0n) is 17.9. The van der Waals surface area contributed by atoms with E-state index in [1.807, 2.05) is 0 Å². The summed E-state index contributed by atoms with van der Waals surface area (Å²) in [4.78, 5) is 1.16. The van der Waals surface area contributed by atoms with E-state index in [4.69, 9.17) is 0 Å². The first-order valence-electron chi connectivity index (χ1n) is 10.8. The third-order valence-corrected chi connectivity index (χ3v) is 6.84. The van der Waals surface area contributed by atoms with Crippen molar-refractivity contribution in [1.82, 2.24) is 0 Å². The number of hydrogen-bond acceptors (Lipinski definition) is 2. The summed E-state index contributed by atoms with van der Waals surface area (Å²) in [5.41, 5.74) is 8.25. The Balaban J connectivity index is 1.69. The van der Waals surface area contributed by atoms with Gasteiger partial charge in [-0.15, -0.1) is 0 Å². The van der Waals surface area contributed by atoms with Crippen LogP contribution in [-0.2, 0) is 0 Å². The normalized spacial score (nSPS) is 10.7. The lowest BCUT2D eigenvalue weighted by Crippen LogP contribution is -1.96. The molecule has 0 aromatic heterocycles. The Hall–Kier alpha value is -3.27. The third-order valence-electron chi connectivity index (χ3n) is 5.50. The van der Waals surface area contributed by atoms with Gasteiger partial charge < -0.3 is 4.72 Å². The van der Waals surface area contributed by atoms with Gasteiger partial charge in [0.15, 0.2) is 0 Å². The van der Waals surface area contributed by atoms with Crippen molar-refractivity contribution < 1.29 is 0 Å². The van der Waals surface area contributed by atoms with Gasteiger partial charge in [-0.3, -0.25) is 0 Å². The maximum Gasteiger partial charge on any atom is 0.0601 e. The molecule has 160 valence electrons. The third kappa shape index (κ3) is 5.05. The molecule has 3 heteroatoms. The van der Waals surface area contributed by atoms with Crippen LogP contribution < -0.4 is 4.72 Å². The van der Waals surface area contributed by atoms with E-state index in [-0.39, 0.29) is 0 Å². The number of rotatable bonds is 6. The maximum absolute atomic E-state index is 3.69. The van der Waals surface area contributed by atoms with Gasteiger partial charge in [-0.05, 0) is 70.6 Å². The summed E-state index contributed by atoms with van der Waals surface area (Å²) in [5.74, 6) is 0. The average Bonchev–Trinajstić information content (AvgIpc) is 2.89. The molecule has 0 bridgehead atoms. The second-order valence-corrected chi connectivity index (χ2v) is 9.50. The summed E-state index contributed by atoms with van der Waals surface area (Å²) >= 11 is 5.16. The summed E-state index contributed by atoms with van der Waals surface area (Å²) < 4.78 is 4.77. The molecule has 0 atom stereocenters. The molecule has 5 aromatic rings. The Morgan fingerprint density at radius 3 is 1.42 bits per heavy atom. The van der Waals surface area contributed by atoms with Gasteiger partial charge in [0.2, 0.25) is 0 Å². The molecule has 0 saturated carbocycles. The highest BCUT2D eigenvalue weighted by atomic mass is 79.9. The van der Waals surface area contributed by atoms with Gasteiger partial charge in [0.1, 0.15) is 0 Å². The number of nitrogens with one attached hydrogen (secondary N) is 1. The fraction of sp³-hybridized carbons (Fsp3) is 0. The molecule has 0 aliphatic heterocycles. The quantitative estimate of drug-likeness (QED) is 0.229. The molecule has 1 nitrogen and oxygen atoms in total. The summed E-state index contributed by atoms with van der Waals surface area (Å²) in [5, 5.41) is 0. The van der Waals surface area contributed by atoms with Crippen LogP contribution in [0, 0.1) is 0 Å². The molecule has 0 heterocycles. The molecule has 1 N–H and O–H groups in total. The summed E-state index contributed by atoms with van der Waals surface area (Å²) in [6.07, 6.45) is 0. The number of halogens is 1.